The molecule has 5 aliphatic rings. The van der Waals surface area contributed by atoms with Gasteiger partial charge in [0.05, 0.1) is 45.4 Å². The minimum Gasteiger partial charge on any atom is -0.490 e. The summed E-state index contributed by atoms with van der Waals surface area (Å²) < 4.78 is 54.8. The number of benzene rings is 2. The highest BCUT2D eigenvalue weighted by molar-refractivity contribution is 7.23. The number of fused-ring (bicyclic) bond motifs is 3. The largest absolute Gasteiger partial charge is 0.490 e. The summed E-state index contributed by atoms with van der Waals surface area (Å²) in [4.78, 5) is 39.5. The van der Waals surface area contributed by atoms with E-state index in [1.54, 1.807) is 12.1 Å². The summed E-state index contributed by atoms with van der Waals surface area (Å²) in [6.45, 7) is 2.76. The molecule has 4 aliphatic heterocycles. The lowest BCUT2D eigenvalue weighted by atomic mass is 9.71. The van der Waals surface area contributed by atoms with Crippen LogP contribution in [0.25, 0.3) is 32.0 Å². The molecule has 2 bridgehead atoms. The Bertz CT molecular complexity index is 2540. The zero-order chi connectivity index (χ0) is 35.5. The van der Waals surface area contributed by atoms with Crippen LogP contribution in [0.5, 0.6) is 5.75 Å². The number of aromatic nitrogens is 4. The topological polar surface area (TPSA) is 126 Å². The first-order chi connectivity index (χ1) is 25.1. The van der Waals surface area contributed by atoms with Crippen LogP contribution < -0.4 is 15.8 Å². The molecule has 4 aromatic heterocycles. The number of ether oxygens (including phenoxy) is 1. The van der Waals surface area contributed by atoms with Crippen LogP contribution in [0.3, 0.4) is 0 Å². The second-order valence-electron chi connectivity index (χ2n) is 14.1. The first kappa shape index (κ1) is 31.3. The van der Waals surface area contributed by atoms with E-state index in [0.717, 1.165) is 45.1 Å². The van der Waals surface area contributed by atoms with E-state index in [-0.39, 0.29) is 30.0 Å². The molecule has 10 nitrogen and oxygen atoms in total. The summed E-state index contributed by atoms with van der Waals surface area (Å²) in [6.07, 6.45) is 3.04. The van der Waals surface area contributed by atoms with Crippen LogP contribution in [0.1, 0.15) is 63.9 Å². The number of pyridine rings is 2. The first-order valence-electron chi connectivity index (χ1n) is 17.1. The third-order valence-electron chi connectivity index (χ3n) is 10.8. The number of hydrogen-bond acceptors (Lipinski definition) is 9. The number of anilines is 1. The van der Waals surface area contributed by atoms with Crippen molar-refractivity contribution >= 4 is 33.1 Å². The number of amides is 1. The van der Waals surface area contributed by atoms with Crippen molar-refractivity contribution in [3.8, 4) is 27.6 Å². The Kier molecular flexibility index (Phi) is 6.76. The molecular formula is C38H29F3N6O4S. The highest BCUT2D eigenvalue weighted by Gasteiger charge is 2.65. The number of hydrogen-bond donors (Lipinski definition) is 2. The summed E-state index contributed by atoms with van der Waals surface area (Å²) in [6, 6.07) is 11.8. The third-order valence-corrected chi connectivity index (χ3v) is 12.0. The molecule has 11 rings (SSSR count). The van der Waals surface area contributed by atoms with Gasteiger partial charge in [-0.25, -0.2) is 28.0 Å². The maximum Gasteiger partial charge on any atom is 0.434 e. The number of nitrogens with zero attached hydrogens (tertiary/aromatic N) is 4. The number of halogens is 3. The summed E-state index contributed by atoms with van der Waals surface area (Å²) >= 11 is 1.41. The number of nitrogens with one attached hydrogen (secondary N) is 2. The second kappa shape index (κ2) is 11.2. The van der Waals surface area contributed by atoms with Crippen molar-refractivity contribution in [3.05, 3.63) is 110 Å². The van der Waals surface area contributed by atoms with Crippen LogP contribution in [0.15, 0.2) is 57.7 Å². The minimum absolute atomic E-state index is 0.0150. The van der Waals surface area contributed by atoms with Crippen LogP contribution in [-0.2, 0) is 18.4 Å². The maximum absolute atomic E-state index is 14.7. The summed E-state index contributed by atoms with van der Waals surface area (Å²) in [5.74, 6) is -1.66. The summed E-state index contributed by atoms with van der Waals surface area (Å²) in [7, 11) is 0. The Morgan fingerprint density at radius 2 is 1.83 bits per heavy atom. The fourth-order valence-electron chi connectivity index (χ4n) is 8.64. The quantitative estimate of drug-likeness (QED) is 0.177. The van der Waals surface area contributed by atoms with Gasteiger partial charge in [0.2, 0.25) is 0 Å². The molecule has 2 N–H and O–H groups in total. The van der Waals surface area contributed by atoms with Gasteiger partial charge in [0, 0.05) is 40.7 Å². The predicted molar refractivity (Wildman–Crippen MR) is 186 cm³/mol. The molecule has 1 saturated carbocycles. The molecular weight excluding hydrogens is 694 g/mol. The van der Waals surface area contributed by atoms with Crippen molar-refractivity contribution < 1.29 is 27.1 Å². The van der Waals surface area contributed by atoms with E-state index in [1.807, 2.05) is 24.0 Å². The number of H-pyrrole nitrogens is 1. The Morgan fingerprint density at radius 3 is 2.62 bits per heavy atom. The van der Waals surface area contributed by atoms with E-state index >= 15 is 0 Å². The molecule has 52 heavy (non-hydrogen) atoms. The second-order valence-corrected chi connectivity index (χ2v) is 15.1. The van der Waals surface area contributed by atoms with Crippen molar-refractivity contribution in [2.24, 2.45) is 5.92 Å². The van der Waals surface area contributed by atoms with Gasteiger partial charge in [-0.15, -0.1) is 16.4 Å². The fourth-order valence-corrected chi connectivity index (χ4v) is 9.79. The first-order valence-corrected chi connectivity index (χ1v) is 18.0. The third kappa shape index (κ3) is 4.65. The SMILES string of the molecule is Cc1cc2cc(-c3c4c(nc(CCc5ccc(F)cc5)c3-c3n[nH]c(=O)o3)C35CC(CN3C4=O)C5)sc2c(N[C@@H]2CCOc3c(F)cc(F)cc32)n1. The average Bonchev–Trinajstić information content (AvgIpc) is 3.92. The normalized spacial score (nSPS) is 21.2. The molecule has 6 aromatic rings. The zero-order valence-electron chi connectivity index (χ0n) is 27.7. The molecule has 1 aliphatic carbocycles. The van der Waals surface area contributed by atoms with Gasteiger partial charge < -0.3 is 19.4 Å². The van der Waals surface area contributed by atoms with Crippen molar-refractivity contribution in [1.82, 2.24) is 25.1 Å². The van der Waals surface area contributed by atoms with E-state index in [1.165, 1.54) is 29.5 Å². The lowest BCUT2D eigenvalue weighted by Gasteiger charge is -2.37. The van der Waals surface area contributed by atoms with Gasteiger partial charge in [-0.3, -0.25) is 9.78 Å². The molecule has 262 valence electrons. The van der Waals surface area contributed by atoms with E-state index in [9.17, 15) is 22.8 Å². The molecule has 1 atom stereocenters. The van der Waals surface area contributed by atoms with Crippen LogP contribution in [0.4, 0.5) is 19.0 Å². The monoisotopic (exact) mass is 722 g/mol. The van der Waals surface area contributed by atoms with Crippen LogP contribution in [0.2, 0.25) is 0 Å². The van der Waals surface area contributed by atoms with E-state index in [2.05, 4.69) is 15.5 Å². The van der Waals surface area contributed by atoms with Crippen molar-refractivity contribution in [1.29, 1.82) is 0 Å². The molecule has 0 unspecified atom stereocenters. The van der Waals surface area contributed by atoms with Gasteiger partial charge in [0.15, 0.2) is 11.6 Å². The van der Waals surface area contributed by atoms with Crippen LogP contribution in [0, 0.1) is 30.3 Å². The zero-order valence-corrected chi connectivity index (χ0v) is 28.5. The molecule has 14 heteroatoms. The lowest BCUT2D eigenvalue weighted by molar-refractivity contribution is 0.0637. The van der Waals surface area contributed by atoms with E-state index in [0.29, 0.717) is 71.2 Å². The summed E-state index contributed by atoms with van der Waals surface area (Å²) in [5, 5.41) is 10.9. The Hall–Kier alpha value is -5.50. The average molecular weight is 723 g/mol. The highest BCUT2D eigenvalue weighted by Crippen LogP contribution is 2.63. The lowest BCUT2D eigenvalue weighted by Crippen LogP contribution is -2.40. The van der Waals surface area contributed by atoms with Gasteiger partial charge in [-0.05, 0) is 79.8 Å². The van der Waals surface area contributed by atoms with Gasteiger partial charge in [-0.1, -0.05) is 12.1 Å². The predicted octanol–water partition coefficient (Wildman–Crippen LogP) is 7.22. The molecule has 2 aromatic carbocycles. The number of carbonyl (C=O) groups is 1. The van der Waals surface area contributed by atoms with Crippen LogP contribution in [-0.4, -0.2) is 44.1 Å². The minimum atomic E-state index is -0.760. The standard InChI is InChI=1S/C38H29F3N6O4S/c1-17-10-20-11-27(52-32(20)34(42-17)44-25-8-9-50-31-23(25)12-22(40)13-24(31)41)29-28(35-45-46-37(49)51-35)26(7-4-18-2-5-21(39)6-3-18)43-33-30(29)36(48)47-16-19-14-38(33,47)15-19/h2-3,5-6,10-13,19,25H,4,7-9,14-16H2,1H3,(H,42,44)(H,46,49)/t19?,25-,38?/m1/s1. The van der Waals surface area contributed by atoms with Gasteiger partial charge in [-0.2, -0.15) is 0 Å². The molecule has 2 saturated heterocycles. The number of carbonyl (C=O) groups excluding carboxylic acids is 1. The number of thiophene rings is 1. The van der Waals surface area contributed by atoms with Gasteiger partial charge >= 0.3 is 5.76 Å². The fraction of sp³-hybridized carbons (Fsp3) is 0.289. The molecule has 0 radical (unpaired) electrons. The Balaban J connectivity index is 1.16. The number of aryl methyl sites for hydroxylation is 3. The Morgan fingerprint density at radius 1 is 1.00 bits per heavy atom. The van der Waals surface area contributed by atoms with Gasteiger partial charge in [0.25, 0.3) is 11.8 Å². The number of rotatable bonds is 7. The molecule has 1 spiro atoms. The van der Waals surface area contributed by atoms with Crippen molar-refractivity contribution in [2.45, 2.75) is 50.6 Å². The molecule has 3 fully saturated rings. The smallest absolute Gasteiger partial charge is 0.434 e. The molecule has 1 amide bonds. The maximum atomic E-state index is 14.7. The van der Waals surface area contributed by atoms with E-state index in [4.69, 9.17) is 19.1 Å². The van der Waals surface area contributed by atoms with Crippen molar-refractivity contribution in [3.63, 3.8) is 0 Å². The molecule has 8 heterocycles. The summed E-state index contributed by atoms with van der Waals surface area (Å²) in [5.41, 5.74) is 4.33. The van der Waals surface area contributed by atoms with Crippen molar-refractivity contribution in [2.75, 3.05) is 18.5 Å². The Labute approximate surface area is 297 Å². The highest BCUT2D eigenvalue weighted by atomic mass is 32.1. The van der Waals surface area contributed by atoms with Crippen LogP contribution >= 0.6 is 11.3 Å². The number of aromatic amines is 1. The van der Waals surface area contributed by atoms with E-state index < -0.39 is 29.0 Å². The van der Waals surface area contributed by atoms with Gasteiger partial charge in [0.1, 0.15) is 17.5 Å².